The van der Waals surface area contributed by atoms with Crippen molar-refractivity contribution in [3.63, 3.8) is 0 Å². The summed E-state index contributed by atoms with van der Waals surface area (Å²) in [6.07, 6.45) is 0. The van der Waals surface area contributed by atoms with Gasteiger partial charge in [0.1, 0.15) is 0 Å². The fraction of sp³-hybridized carbons (Fsp3) is 0.111. The van der Waals surface area contributed by atoms with Crippen molar-refractivity contribution in [2.45, 2.75) is 6.92 Å². The van der Waals surface area contributed by atoms with Gasteiger partial charge in [0.05, 0.1) is 0 Å². The van der Waals surface area contributed by atoms with E-state index in [9.17, 15) is 0 Å². The summed E-state index contributed by atoms with van der Waals surface area (Å²) in [6, 6.07) is 9.93. The zero-order valence-corrected chi connectivity index (χ0v) is 5.46. The van der Waals surface area contributed by atoms with Crippen LogP contribution in [0.3, 0.4) is 0 Å². The summed E-state index contributed by atoms with van der Waals surface area (Å²) >= 11 is 0. The average molecular weight is 117 g/mol. The molecule has 0 aliphatic rings. The second-order valence-electron chi connectivity index (χ2n) is 2.05. The second kappa shape index (κ2) is 2.49. The van der Waals surface area contributed by atoms with E-state index in [0.717, 1.165) is 11.1 Å². The molecule has 1 aromatic rings. The highest BCUT2D eigenvalue weighted by atomic mass is 13.9. The van der Waals surface area contributed by atoms with E-state index in [-0.39, 0.29) is 0 Å². The Morgan fingerprint density at radius 2 is 1.78 bits per heavy atom. The van der Waals surface area contributed by atoms with Gasteiger partial charge >= 0.3 is 0 Å². The summed E-state index contributed by atoms with van der Waals surface area (Å²) in [7, 11) is 0. The van der Waals surface area contributed by atoms with Crippen LogP contribution in [-0.4, -0.2) is 0 Å². The molecular formula is C9H9. The molecule has 0 N–H and O–H groups in total. The SMILES string of the molecule is [CH]=C(C)c1ccccc1. The Kier molecular flexibility index (Phi) is 1.69. The Morgan fingerprint density at radius 3 is 2.11 bits per heavy atom. The Labute approximate surface area is 55.8 Å². The number of rotatable bonds is 1. The first-order valence-electron chi connectivity index (χ1n) is 2.95. The highest BCUT2D eigenvalue weighted by Gasteiger charge is 1.86. The van der Waals surface area contributed by atoms with E-state index >= 15 is 0 Å². The smallest absolute Gasteiger partial charge is 0.0227 e. The Morgan fingerprint density at radius 1 is 1.22 bits per heavy atom. The molecule has 0 heterocycles. The molecule has 9 heavy (non-hydrogen) atoms. The van der Waals surface area contributed by atoms with E-state index in [1.54, 1.807) is 0 Å². The third-order valence-electron chi connectivity index (χ3n) is 1.23. The molecule has 0 aliphatic carbocycles. The molecule has 0 aliphatic heterocycles. The van der Waals surface area contributed by atoms with Crippen molar-refractivity contribution in [2.75, 3.05) is 0 Å². The lowest BCUT2D eigenvalue weighted by Gasteiger charge is -1.94. The highest BCUT2D eigenvalue weighted by Crippen LogP contribution is 2.08. The lowest BCUT2D eigenvalue weighted by Crippen LogP contribution is -1.72. The zero-order valence-electron chi connectivity index (χ0n) is 5.46. The van der Waals surface area contributed by atoms with Crippen LogP contribution in [0.4, 0.5) is 0 Å². The van der Waals surface area contributed by atoms with Crippen LogP contribution in [0.1, 0.15) is 12.5 Å². The number of hydrogen-bond acceptors (Lipinski definition) is 0. The fourth-order valence-corrected chi connectivity index (χ4v) is 0.701. The molecular weight excluding hydrogens is 108 g/mol. The molecule has 0 bridgehead atoms. The largest absolute Gasteiger partial charge is 0.0622 e. The molecule has 0 fully saturated rings. The zero-order chi connectivity index (χ0) is 6.69. The molecule has 0 nitrogen and oxygen atoms in total. The maximum atomic E-state index is 5.53. The topological polar surface area (TPSA) is 0 Å². The van der Waals surface area contributed by atoms with Gasteiger partial charge in [-0.2, -0.15) is 0 Å². The molecule has 0 atom stereocenters. The van der Waals surface area contributed by atoms with Gasteiger partial charge in [0.15, 0.2) is 0 Å². The van der Waals surface area contributed by atoms with Gasteiger partial charge in [-0.3, -0.25) is 0 Å². The van der Waals surface area contributed by atoms with E-state index in [1.807, 2.05) is 37.3 Å². The van der Waals surface area contributed by atoms with Gasteiger partial charge < -0.3 is 0 Å². The van der Waals surface area contributed by atoms with Gasteiger partial charge in [0, 0.05) is 0 Å². The lowest BCUT2D eigenvalue weighted by molar-refractivity contribution is 1.58. The standard InChI is InChI=1S/C9H9/c1-8(2)9-6-4-3-5-7-9/h1,3-7H,2H3. The molecule has 0 spiro atoms. The van der Waals surface area contributed by atoms with Crippen molar-refractivity contribution in [3.05, 3.63) is 42.5 Å². The number of allylic oxidation sites excluding steroid dienone is 1. The molecule has 1 aromatic carbocycles. The number of hydrogen-bond donors (Lipinski definition) is 0. The van der Waals surface area contributed by atoms with Gasteiger partial charge in [-0.1, -0.05) is 36.9 Å². The minimum Gasteiger partial charge on any atom is -0.0622 e. The van der Waals surface area contributed by atoms with E-state index < -0.39 is 0 Å². The van der Waals surface area contributed by atoms with Crippen molar-refractivity contribution < 1.29 is 0 Å². The fourth-order valence-electron chi connectivity index (χ4n) is 0.701. The summed E-state index contributed by atoms with van der Waals surface area (Å²) in [4.78, 5) is 0. The molecule has 0 saturated heterocycles. The van der Waals surface area contributed by atoms with Crippen LogP contribution in [0.25, 0.3) is 5.57 Å². The average Bonchev–Trinajstić information content (AvgIpc) is 1.90. The minimum absolute atomic E-state index is 0.871. The van der Waals surface area contributed by atoms with Crippen LogP contribution in [0, 0.1) is 6.58 Å². The monoisotopic (exact) mass is 117 g/mol. The first kappa shape index (κ1) is 6.09. The second-order valence-corrected chi connectivity index (χ2v) is 2.05. The van der Waals surface area contributed by atoms with Gasteiger partial charge in [-0.25, -0.2) is 0 Å². The summed E-state index contributed by atoms with van der Waals surface area (Å²) in [5.41, 5.74) is 1.98. The number of benzene rings is 1. The van der Waals surface area contributed by atoms with Gasteiger partial charge in [-0.05, 0) is 18.1 Å². The Hall–Kier alpha value is -1.04. The quantitative estimate of drug-likeness (QED) is 0.530. The lowest BCUT2D eigenvalue weighted by atomic mass is 10.1. The molecule has 0 amide bonds. The van der Waals surface area contributed by atoms with Crippen molar-refractivity contribution in [1.29, 1.82) is 0 Å². The van der Waals surface area contributed by atoms with E-state index in [2.05, 4.69) is 0 Å². The highest BCUT2D eigenvalue weighted by molar-refractivity contribution is 5.59. The first-order chi connectivity index (χ1) is 4.30. The van der Waals surface area contributed by atoms with Gasteiger partial charge in [0.2, 0.25) is 0 Å². The maximum absolute atomic E-state index is 5.53. The third-order valence-corrected chi connectivity index (χ3v) is 1.23. The summed E-state index contributed by atoms with van der Waals surface area (Å²) in [5, 5.41) is 0. The van der Waals surface area contributed by atoms with E-state index in [4.69, 9.17) is 6.58 Å². The van der Waals surface area contributed by atoms with Crippen molar-refractivity contribution in [2.24, 2.45) is 0 Å². The van der Waals surface area contributed by atoms with Crippen molar-refractivity contribution in [3.8, 4) is 0 Å². The summed E-state index contributed by atoms with van der Waals surface area (Å²) in [5.74, 6) is 0. The normalized spacial score (nSPS) is 9.00. The summed E-state index contributed by atoms with van der Waals surface area (Å²) in [6.45, 7) is 7.43. The van der Waals surface area contributed by atoms with Crippen LogP contribution in [-0.2, 0) is 0 Å². The first-order valence-corrected chi connectivity index (χ1v) is 2.95. The molecule has 1 rings (SSSR count). The molecule has 0 aromatic heterocycles. The molecule has 0 heteroatoms. The Balaban J connectivity index is 2.98. The van der Waals surface area contributed by atoms with E-state index in [0.29, 0.717) is 0 Å². The van der Waals surface area contributed by atoms with Crippen LogP contribution in [0.5, 0.6) is 0 Å². The molecule has 0 unspecified atom stereocenters. The van der Waals surface area contributed by atoms with Crippen molar-refractivity contribution in [1.82, 2.24) is 0 Å². The van der Waals surface area contributed by atoms with Crippen molar-refractivity contribution >= 4 is 5.57 Å². The van der Waals surface area contributed by atoms with Crippen LogP contribution < -0.4 is 0 Å². The molecule has 1 radical (unpaired) electrons. The van der Waals surface area contributed by atoms with E-state index in [1.165, 1.54) is 0 Å². The molecule has 45 valence electrons. The maximum Gasteiger partial charge on any atom is -0.0227 e. The molecule has 0 saturated carbocycles. The van der Waals surface area contributed by atoms with Gasteiger partial charge in [-0.15, -0.1) is 0 Å². The Bertz CT molecular complexity index is 197. The summed E-state index contributed by atoms with van der Waals surface area (Å²) < 4.78 is 0. The predicted octanol–water partition coefficient (Wildman–Crippen LogP) is 2.52. The van der Waals surface area contributed by atoms with Gasteiger partial charge in [0.25, 0.3) is 0 Å². The van der Waals surface area contributed by atoms with Crippen LogP contribution in [0.15, 0.2) is 30.3 Å². The van der Waals surface area contributed by atoms with Crippen LogP contribution in [0.2, 0.25) is 0 Å². The van der Waals surface area contributed by atoms with Crippen LogP contribution >= 0.6 is 0 Å². The minimum atomic E-state index is 0.871. The predicted molar refractivity (Wildman–Crippen MR) is 39.8 cm³/mol. The third kappa shape index (κ3) is 1.43.